The molecule has 0 radical (unpaired) electrons. The second-order valence-electron chi connectivity index (χ2n) is 6.90. The van der Waals surface area contributed by atoms with Crippen LogP contribution < -0.4 is 10.2 Å². The fourth-order valence-corrected chi connectivity index (χ4v) is 3.28. The van der Waals surface area contributed by atoms with Gasteiger partial charge in [-0.15, -0.1) is 0 Å². The predicted molar refractivity (Wildman–Crippen MR) is 96.7 cm³/mol. The lowest BCUT2D eigenvalue weighted by Gasteiger charge is -2.22. The van der Waals surface area contributed by atoms with Crippen molar-refractivity contribution in [2.75, 3.05) is 23.3 Å². The number of carbonyl (C=O) groups is 1. The number of nitrogens with zero attached hydrogens (tertiary/aromatic N) is 3. The number of aryl methyl sites for hydroxylation is 1. The van der Waals surface area contributed by atoms with Gasteiger partial charge in [0.25, 0.3) is 0 Å². The second-order valence-corrected chi connectivity index (χ2v) is 6.90. The lowest BCUT2D eigenvalue weighted by Crippen LogP contribution is -2.36. The first-order valence-electron chi connectivity index (χ1n) is 9.03. The molecule has 1 saturated carbocycles. The summed E-state index contributed by atoms with van der Waals surface area (Å²) in [7, 11) is 0. The van der Waals surface area contributed by atoms with E-state index in [1.54, 1.807) is 6.20 Å². The number of urea groups is 1. The molecular formula is C19H24N4O2. The highest BCUT2D eigenvalue weighted by atomic mass is 16.3. The van der Waals surface area contributed by atoms with Gasteiger partial charge in [-0.1, -0.05) is 0 Å². The molecule has 1 aliphatic heterocycles. The molecule has 2 aromatic rings. The fourth-order valence-electron chi connectivity index (χ4n) is 3.28. The molecule has 0 spiro atoms. The standard InChI is InChI=1S/C19H24N4O2/c1-14-4-8-17(25-14)13-23(16-6-7-16)19(24)21-15-5-9-18(20-12-15)22-10-2-3-11-22/h4-5,8-9,12,16H,2-3,6-7,10-11,13H2,1H3,(H,21,24). The normalized spacial score (nSPS) is 16.9. The third-order valence-electron chi connectivity index (χ3n) is 4.80. The van der Waals surface area contributed by atoms with Gasteiger partial charge < -0.3 is 19.5 Å². The minimum atomic E-state index is -0.0905. The Labute approximate surface area is 147 Å². The monoisotopic (exact) mass is 340 g/mol. The summed E-state index contributed by atoms with van der Waals surface area (Å²) >= 11 is 0. The molecule has 4 rings (SSSR count). The van der Waals surface area contributed by atoms with E-state index in [1.807, 2.05) is 36.1 Å². The number of rotatable bonds is 5. The molecule has 132 valence electrons. The van der Waals surface area contributed by atoms with Crippen LogP contribution in [-0.4, -0.2) is 35.0 Å². The van der Waals surface area contributed by atoms with Gasteiger partial charge in [-0.25, -0.2) is 9.78 Å². The van der Waals surface area contributed by atoms with Gasteiger partial charge in [0, 0.05) is 19.1 Å². The van der Waals surface area contributed by atoms with E-state index < -0.39 is 0 Å². The van der Waals surface area contributed by atoms with Crippen molar-refractivity contribution in [1.82, 2.24) is 9.88 Å². The summed E-state index contributed by atoms with van der Waals surface area (Å²) in [6.45, 7) is 4.55. The minimum Gasteiger partial charge on any atom is -0.464 e. The Kier molecular flexibility index (Phi) is 4.34. The highest BCUT2D eigenvalue weighted by Gasteiger charge is 2.33. The Morgan fingerprint density at radius 3 is 2.68 bits per heavy atom. The molecule has 0 aromatic carbocycles. The van der Waals surface area contributed by atoms with Crippen LogP contribution in [0.3, 0.4) is 0 Å². The van der Waals surface area contributed by atoms with Gasteiger partial charge in [0.15, 0.2) is 0 Å². The topological polar surface area (TPSA) is 61.6 Å². The molecular weight excluding hydrogens is 316 g/mol. The zero-order valence-electron chi connectivity index (χ0n) is 14.6. The smallest absolute Gasteiger partial charge is 0.322 e. The summed E-state index contributed by atoms with van der Waals surface area (Å²) in [5.41, 5.74) is 0.731. The zero-order valence-corrected chi connectivity index (χ0v) is 14.6. The van der Waals surface area contributed by atoms with E-state index in [2.05, 4.69) is 15.2 Å². The van der Waals surface area contributed by atoms with Gasteiger partial charge in [0.2, 0.25) is 0 Å². The van der Waals surface area contributed by atoms with Crippen molar-refractivity contribution >= 4 is 17.5 Å². The maximum atomic E-state index is 12.7. The highest BCUT2D eigenvalue weighted by molar-refractivity contribution is 5.89. The maximum absolute atomic E-state index is 12.7. The van der Waals surface area contributed by atoms with Crippen LogP contribution in [-0.2, 0) is 6.54 Å². The van der Waals surface area contributed by atoms with E-state index in [1.165, 1.54) is 12.8 Å². The van der Waals surface area contributed by atoms with Crippen molar-refractivity contribution in [3.8, 4) is 0 Å². The van der Waals surface area contributed by atoms with Crippen molar-refractivity contribution in [3.05, 3.63) is 42.0 Å². The predicted octanol–water partition coefficient (Wildman–Crippen LogP) is 3.78. The molecule has 2 aromatic heterocycles. The lowest BCUT2D eigenvalue weighted by atomic mass is 10.3. The van der Waals surface area contributed by atoms with Crippen molar-refractivity contribution in [1.29, 1.82) is 0 Å². The van der Waals surface area contributed by atoms with E-state index in [0.29, 0.717) is 12.6 Å². The number of pyridine rings is 1. The third kappa shape index (κ3) is 3.78. The number of hydrogen-bond donors (Lipinski definition) is 1. The minimum absolute atomic E-state index is 0.0905. The average molecular weight is 340 g/mol. The van der Waals surface area contributed by atoms with Gasteiger partial charge in [-0.3, -0.25) is 0 Å². The van der Waals surface area contributed by atoms with Gasteiger partial charge in [0.1, 0.15) is 17.3 Å². The molecule has 0 unspecified atom stereocenters. The fraction of sp³-hybridized carbons (Fsp3) is 0.474. The van der Waals surface area contributed by atoms with E-state index in [9.17, 15) is 4.79 Å². The number of amides is 2. The molecule has 6 heteroatoms. The van der Waals surface area contributed by atoms with Gasteiger partial charge in [0.05, 0.1) is 18.4 Å². The molecule has 2 amide bonds. The SMILES string of the molecule is Cc1ccc(CN(C(=O)Nc2ccc(N3CCCC3)nc2)C2CC2)o1. The Morgan fingerprint density at radius 1 is 1.28 bits per heavy atom. The quantitative estimate of drug-likeness (QED) is 0.900. The van der Waals surface area contributed by atoms with Crippen molar-refractivity contribution in [2.45, 2.75) is 45.2 Å². The summed E-state index contributed by atoms with van der Waals surface area (Å²) < 4.78 is 5.63. The van der Waals surface area contributed by atoms with E-state index in [0.717, 1.165) is 49.0 Å². The molecule has 0 bridgehead atoms. The molecule has 0 atom stereocenters. The van der Waals surface area contributed by atoms with Crippen LogP contribution in [0.2, 0.25) is 0 Å². The van der Waals surface area contributed by atoms with Gasteiger partial charge in [-0.2, -0.15) is 0 Å². The molecule has 2 fully saturated rings. The molecule has 2 aliphatic rings. The van der Waals surface area contributed by atoms with Gasteiger partial charge in [-0.05, 0) is 56.9 Å². The van der Waals surface area contributed by atoms with Gasteiger partial charge >= 0.3 is 6.03 Å². The summed E-state index contributed by atoms with van der Waals surface area (Å²) in [6.07, 6.45) is 6.30. The second kappa shape index (κ2) is 6.78. The van der Waals surface area contributed by atoms with Crippen LogP contribution in [0.5, 0.6) is 0 Å². The van der Waals surface area contributed by atoms with Crippen molar-refractivity contribution in [3.63, 3.8) is 0 Å². The van der Waals surface area contributed by atoms with E-state index in [-0.39, 0.29) is 6.03 Å². The van der Waals surface area contributed by atoms with E-state index >= 15 is 0 Å². The number of aromatic nitrogens is 1. The van der Waals surface area contributed by atoms with Crippen LogP contribution in [0.4, 0.5) is 16.3 Å². The summed E-state index contributed by atoms with van der Waals surface area (Å²) in [4.78, 5) is 21.3. The molecule has 6 nitrogen and oxygen atoms in total. The average Bonchev–Trinajstić information content (AvgIpc) is 3.13. The summed E-state index contributed by atoms with van der Waals surface area (Å²) in [6, 6.07) is 8.00. The largest absolute Gasteiger partial charge is 0.464 e. The van der Waals surface area contributed by atoms with Crippen molar-refractivity contribution in [2.24, 2.45) is 0 Å². The molecule has 3 heterocycles. The Morgan fingerprint density at radius 2 is 2.08 bits per heavy atom. The summed E-state index contributed by atoms with van der Waals surface area (Å²) in [5, 5.41) is 2.97. The highest BCUT2D eigenvalue weighted by Crippen LogP contribution is 2.29. The number of anilines is 2. The zero-order chi connectivity index (χ0) is 17.2. The van der Waals surface area contributed by atoms with Crippen LogP contribution in [0.15, 0.2) is 34.9 Å². The summed E-state index contributed by atoms with van der Waals surface area (Å²) in [5.74, 6) is 2.68. The van der Waals surface area contributed by atoms with E-state index in [4.69, 9.17) is 4.42 Å². The first kappa shape index (κ1) is 16.0. The van der Waals surface area contributed by atoms with Crippen LogP contribution in [0, 0.1) is 6.92 Å². The number of hydrogen-bond acceptors (Lipinski definition) is 4. The first-order valence-corrected chi connectivity index (χ1v) is 9.03. The maximum Gasteiger partial charge on any atom is 0.322 e. The van der Waals surface area contributed by atoms with Crippen LogP contribution >= 0.6 is 0 Å². The molecule has 1 saturated heterocycles. The number of furan rings is 1. The first-order chi connectivity index (χ1) is 12.2. The Hall–Kier alpha value is -2.50. The van der Waals surface area contributed by atoms with Crippen LogP contribution in [0.1, 0.15) is 37.2 Å². The Balaban J connectivity index is 1.40. The molecule has 1 aliphatic carbocycles. The third-order valence-corrected chi connectivity index (χ3v) is 4.80. The Bertz CT molecular complexity index is 730. The number of carbonyl (C=O) groups excluding carboxylic acids is 1. The number of nitrogens with one attached hydrogen (secondary N) is 1. The lowest BCUT2D eigenvalue weighted by molar-refractivity contribution is 0.200. The van der Waals surface area contributed by atoms with Crippen molar-refractivity contribution < 1.29 is 9.21 Å². The van der Waals surface area contributed by atoms with Crippen LogP contribution in [0.25, 0.3) is 0 Å². The molecule has 25 heavy (non-hydrogen) atoms. The molecule has 1 N–H and O–H groups in total.